The van der Waals surface area contributed by atoms with Crippen LogP contribution in [0.4, 0.5) is 0 Å². The smallest absolute Gasteiger partial charge is 0.185 e. The highest BCUT2D eigenvalue weighted by atomic mass is 16.3. The van der Waals surface area contributed by atoms with Crippen LogP contribution in [0.25, 0.3) is 11.3 Å². The molecule has 0 saturated carbocycles. The fourth-order valence-electron chi connectivity index (χ4n) is 0.942. The van der Waals surface area contributed by atoms with Crippen LogP contribution in [0.5, 0.6) is 0 Å². The van der Waals surface area contributed by atoms with E-state index in [2.05, 4.69) is 0 Å². The fourth-order valence-corrected chi connectivity index (χ4v) is 0.942. The van der Waals surface area contributed by atoms with E-state index in [-0.39, 0.29) is 5.43 Å². The average Bonchev–Trinajstić information content (AvgIpc) is 2.56. The molecule has 0 fully saturated rings. The topological polar surface area (TPSA) is 43.4 Å². The molecule has 2 aromatic heterocycles. The summed E-state index contributed by atoms with van der Waals surface area (Å²) in [6, 6.07) is 4.52. The second-order valence-corrected chi connectivity index (χ2v) is 2.34. The summed E-state index contributed by atoms with van der Waals surface area (Å²) in [7, 11) is 0. The second kappa shape index (κ2) is 2.70. The van der Waals surface area contributed by atoms with Gasteiger partial charge in [0.25, 0.3) is 0 Å². The van der Waals surface area contributed by atoms with Gasteiger partial charge in [-0.05, 0) is 6.07 Å². The zero-order chi connectivity index (χ0) is 8.39. The molecular weight excluding hydrogens is 156 g/mol. The molecule has 0 saturated heterocycles. The van der Waals surface area contributed by atoms with Gasteiger partial charge in [0.1, 0.15) is 12.0 Å². The summed E-state index contributed by atoms with van der Waals surface area (Å²) in [6.07, 6.45) is 4.42. The van der Waals surface area contributed by atoms with Crippen molar-refractivity contribution in [3.63, 3.8) is 0 Å². The van der Waals surface area contributed by atoms with Crippen molar-refractivity contribution in [3.05, 3.63) is 47.2 Å². The minimum absolute atomic E-state index is 0.0718. The first-order valence-corrected chi connectivity index (χ1v) is 3.48. The maximum absolute atomic E-state index is 10.9. The van der Waals surface area contributed by atoms with Crippen molar-refractivity contribution in [2.75, 3.05) is 0 Å². The van der Waals surface area contributed by atoms with E-state index in [1.54, 1.807) is 6.07 Å². The van der Waals surface area contributed by atoms with Crippen LogP contribution in [0.3, 0.4) is 0 Å². The van der Waals surface area contributed by atoms with Crippen LogP contribution in [-0.4, -0.2) is 0 Å². The highest BCUT2D eigenvalue weighted by Gasteiger charge is 2.00. The van der Waals surface area contributed by atoms with Crippen LogP contribution in [-0.2, 0) is 0 Å². The number of hydrogen-bond acceptors (Lipinski definition) is 3. The highest BCUT2D eigenvalue weighted by Crippen LogP contribution is 2.16. The summed E-state index contributed by atoms with van der Waals surface area (Å²) in [4.78, 5) is 10.9. The molecule has 2 heterocycles. The lowest BCUT2D eigenvalue weighted by atomic mass is 10.2. The molecule has 0 spiro atoms. The molecule has 0 aliphatic rings. The first-order valence-electron chi connectivity index (χ1n) is 3.48. The van der Waals surface area contributed by atoms with Gasteiger partial charge in [-0.2, -0.15) is 0 Å². The normalized spacial score (nSPS) is 10.0. The molecule has 2 aromatic rings. The average molecular weight is 162 g/mol. The molecule has 0 aromatic carbocycles. The summed E-state index contributed by atoms with van der Waals surface area (Å²) in [5.41, 5.74) is 0.699. The van der Waals surface area contributed by atoms with Gasteiger partial charge in [-0.15, -0.1) is 0 Å². The Morgan fingerprint density at radius 3 is 2.75 bits per heavy atom. The minimum atomic E-state index is -0.0718. The van der Waals surface area contributed by atoms with E-state index in [0.29, 0.717) is 5.76 Å². The van der Waals surface area contributed by atoms with Crippen LogP contribution < -0.4 is 5.43 Å². The Morgan fingerprint density at radius 1 is 1.17 bits per heavy atom. The van der Waals surface area contributed by atoms with Crippen LogP contribution >= 0.6 is 0 Å². The van der Waals surface area contributed by atoms with Crippen molar-refractivity contribution in [1.82, 2.24) is 0 Å². The van der Waals surface area contributed by atoms with E-state index in [1.165, 1.54) is 30.9 Å². The van der Waals surface area contributed by atoms with Gasteiger partial charge in [-0.25, -0.2) is 0 Å². The molecule has 3 nitrogen and oxygen atoms in total. The molecule has 0 radical (unpaired) electrons. The Morgan fingerprint density at radius 2 is 2.08 bits per heavy atom. The number of hydrogen-bond donors (Lipinski definition) is 0. The molecule has 0 aliphatic heterocycles. The van der Waals surface area contributed by atoms with Gasteiger partial charge in [0.05, 0.1) is 18.1 Å². The van der Waals surface area contributed by atoms with Crippen LogP contribution in [0, 0.1) is 0 Å². The Bertz CT molecular complexity index is 411. The highest BCUT2D eigenvalue weighted by molar-refractivity contribution is 5.54. The Labute approximate surface area is 68.2 Å². The molecule has 0 atom stereocenters. The fraction of sp³-hybridized carbons (Fsp3) is 0. The molecule has 0 aliphatic carbocycles. The Balaban J connectivity index is 2.55. The van der Waals surface area contributed by atoms with E-state index >= 15 is 0 Å². The Hall–Kier alpha value is -1.77. The largest absolute Gasteiger partial charge is 0.472 e. The van der Waals surface area contributed by atoms with Crippen molar-refractivity contribution in [3.8, 4) is 11.3 Å². The third-order valence-electron chi connectivity index (χ3n) is 1.51. The van der Waals surface area contributed by atoms with Gasteiger partial charge in [0.15, 0.2) is 5.43 Å². The van der Waals surface area contributed by atoms with Crippen molar-refractivity contribution < 1.29 is 8.83 Å². The van der Waals surface area contributed by atoms with Gasteiger partial charge in [-0.3, -0.25) is 4.79 Å². The number of rotatable bonds is 1. The first kappa shape index (κ1) is 6.91. The standard InChI is InChI=1S/C9H6O3/c10-8-2-4-12-9(5-8)7-1-3-11-6-7/h1-6H. The lowest BCUT2D eigenvalue weighted by Crippen LogP contribution is -1.94. The molecule has 0 amide bonds. The third kappa shape index (κ3) is 1.16. The predicted octanol–water partition coefficient (Wildman–Crippen LogP) is 1.90. The van der Waals surface area contributed by atoms with Gasteiger partial charge in [0, 0.05) is 12.1 Å². The lowest BCUT2D eigenvalue weighted by Gasteiger charge is -1.91. The van der Waals surface area contributed by atoms with E-state index in [9.17, 15) is 4.79 Å². The molecule has 12 heavy (non-hydrogen) atoms. The van der Waals surface area contributed by atoms with E-state index in [4.69, 9.17) is 8.83 Å². The van der Waals surface area contributed by atoms with Crippen LogP contribution in [0.2, 0.25) is 0 Å². The lowest BCUT2D eigenvalue weighted by molar-refractivity contribution is 0.552. The quantitative estimate of drug-likeness (QED) is 0.643. The first-order chi connectivity index (χ1) is 5.86. The van der Waals surface area contributed by atoms with Crippen molar-refractivity contribution >= 4 is 0 Å². The predicted molar refractivity (Wildman–Crippen MR) is 42.7 cm³/mol. The molecule has 3 heteroatoms. The molecule has 60 valence electrons. The molecule has 0 N–H and O–H groups in total. The summed E-state index contributed by atoms with van der Waals surface area (Å²) < 4.78 is 9.94. The molecule has 0 unspecified atom stereocenters. The van der Waals surface area contributed by atoms with E-state index < -0.39 is 0 Å². The maximum atomic E-state index is 10.9. The van der Waals surface area contributed by atoms with Gasteiger partial charge in [-0.1, -0.05) is 0 Å². The van der Waals surface area contributed by atoms with Crippen molar-refractivity contribution in [1.29, 1.82) is 0 Å². The molecular formula is C9H6O3. The van der Waals surface area contributed by atoms with Gasteiger partial charge < -0.3 is 8.83 Å². The third-order valence-corrected chi connectivity index (χ3v) is 1.51. The summed E-state index contributed by atoms with van der Waals surface area (Å²) in [6.45, 7) is 0. The molecule has 0 bridgehead atoms. The maximum Gasteiger partial charge on any atom is 0.185 e. The molecule has 2 rings (SSSR count). The van der Waals surface area contributed by atoms with Crippen molar-refractivity contribution in [2.24, 2.45) is 0 Å². The van der Waals surface area contributed by atoms with Gasteiger partial charge >= 0.3 is 0 Å². The van der Waals surface area contributed by atoms with Gasteiger partial charge in [0.2, 0.25) is 0 Å². The van der Waals surface area contributed by atoms with Crippen LogP contribution in [0.1, 0.15) is 0 Å². The van der Waals surface area contributed by atoms with E-state index in [0.717, 1.165) is 5.56 Å². The minimum Gasteiger partial charge on any atom is -0.472 e. The second-order valence-electron chi connectivity index (χ2n) is 2.34. The summed E-state index contributed by atoms with van der Waals surface area (Å²) in [5.74, 6) is 0.524. The SMILES string of the molecule is O=c1ccoc(-c2ccoc2)c1. The summed E-state index contributed by atoms with van der Waals surface area (Å²) in [5, 5.41) is 0. The zero-order valence-corrected chi connectivity index (χ0v) is 6.19. The number of furan rings is 1. The zero-order valence-electron chi connectivity index (χ0n) is 6.19. The monoisotopic (exact) mass is 162 g/mol. The summed E-state index contributed by atoms with van der Waals surface area (Å²) >= 11 is 0. The van der Waals surface area contributed by atoms with Crippen LogP contribution in [0.15, 0.2) is 50.6 Å². The Kier molecular flexibility index (Phi) is 1.55. The van der Waals surface area contributed by atoms with Crippen molar-refractivity contribution in [2.45, 2.75) is 0 Å². The van der Waals surface area contributed by atoms with E-state index in [1.807, 2.05) is 0 Å².